The summed E-state index contributed by atoms with van der Waals surface area (Å²) >= 11 is 1.73. The lowest BCUT2D eigenvalue weighted by molar-refractivity contribution is 0.195. The summed E-state index contributed by atoms with van der Waals surface area (Å²) in [4.78, 5) is 10.2. The number of methoxy groups -OCH3 is 1. The number of nitrogens with one attached hydrogen (secondary N) is 2. The van der Waals surface area contributed by atoms with E-state index >= 15 is 0 Å². The first-order chi connectivity index (χ1) is 12.1. The van der Waals surface area contributed by atoms with Crippen LogP contribution in [-0.4, -0.2) is 52.5 Å². The van der Waals surface area contributed by atoms with Crippen molar-refractivity contribution in [1.29, 1.82) is 0 Å². The van der Waals surface area contributed by atoms with Crippen LogP contribution in [0.4, 0.5) is 0 Å². The predicted octanol–water partition coefficient (Wildman–Crippen LogP) is 1.20. The fourth-order valence-electron chi connectivity index (χ4n) is 2.14. The molecule has 0 atom stereocenters. The third-order valence-electron chi connectivity index (χ3n) is 3.68. The minimum absolute atomic E-state index is 0.479. The van der Waals surface area contributed by atoms with Crippen molar-refractivity contribution >= 4 is 17.3 Å². The highest BCUT2D eigenvalue weighted by molar-refractivity contribution is 7.11. The Bertz CT molecular complexity index is 680. The van der Waals surface area contributed by atoms with Gasteiger partial charge >= 0.3 is 0 Å². The van der Waals surface area contributed by atoms with Crippen molar-refractivity contribution in [3.63, 3.8) is 0 Å². The standard InChI is InChI=1S/C16H27N7OS/c1-12-10-19-15(25-12)6-8-18-16(17-7-5-9-24-4)20-11-14-22-21-13(2)23(14)3/h10H,5-9,11H2,1-4H3,(H2,17,18,20). The number of aromatic nitrogens is 4. The maximum Gasteiger partial charge on any atom is 0.191 e. The summed E-state index contributed by atoms with van der Waals surface area (Å²) in [7, 11) is 3.66. The number of guanidine groups is 1. The van der Waals surface area contributed by atoms with Gasteiger partial charge in [-0.3, -0.25) is 0 Å². The van der Waals surface area contributed by atoms with Gasteiger partial charge in [0.1, 0.15) is 12.4 Å². The third-order valence-corrected chi connectivity index (χ3v) is 4.65. The van der Waals surface area contributed by atoms with Crippen LogP contribution in [0.25, 0.3) is 0 Å². The van der Waals surface area contributed by atoms with Gasteiger partial charge in [0.2, 0.25) is 0 Å². The van der Waals surface area contributed by atoms with Crippen molar-refractivity contribution in [3.05, 3.63) is 27.7 Å². The Hall–Kier alpha value is -2.00. The Labute approximate surface area is 152 Å². The van der Waals surface area contributed by atoms with Crippen LogP contribution in [-0.2, 0) is 24.8 Å². The minimum atomic E-state index is 0.479. The molecule has 2 N–H and O–H groups in total. The second-order valence-electron chi connectivity index (χ2n) is 5.70. The molecule has 0 aromatic carbocycles. The van der Waals surface area contributed by atoms with Crippen molar-refractivity contribution in [2.75, 3.05) is 26.8 Å². The lowest BCUT2D eigenvalue weighted by Crippen LogP contribution is -2.39. The van der Waals surface area contributed by atoms with Crippen molar-refractivity contribution in [2.45, 2.75) is 33.2 Å². The molecule has 2 aromatic rings. The predicted molar refractivity (Wildman–Crippen MR) is 99.9 cm³/mol. The molecule has 9 heteroatoms. The van der Waals surface area contributed by atoms with E-state index in [2.05, 4.69) is 37.7 Å². The number of thiazole rings is 1. The van der Waals surface area contributed by atoms with Gasteiger partial charge in [0.15, 0.2) is 11.8 Å². The zero-order chi connectivity index (χ0) is 18.1. The van der Waals surface area contributed by atoms with E-state index in [4.69, 9.17) is 4.74 Å². The highest BCUT2D eigenvalue weighted by Crippen LogP contribution is 2.10. The van der Waals surface area contributed by atoms with Crippen molar-refractivity contribution in [3.8, 4) is 0 Å². The minimum Gasteiger partial charge on any atom is -0.385 e. The van der Waals surface area contributed by atoms with E-state index in [1.54, 1.807) is 18.4 Å². The third kappa shape index (κ3) is 6.43. The van der Waals surface area contributed by atoms with E-state index in [0.717, 1.165) is 55.2 Å². The van der Waals surface area contributed by atoms with Crippen molar-refractivity contribution in [1.82, 2.24) is 30.4 Å². The van der Waals surface area contributed by atoms with Gasteiger partial charge in [0.05, 0.1) is 5.01 Å². The Morgan fingerprint density at radius 1 is 1.28 bits per heavy atom. The molecule has 0 aliphatic rings. The molecular weight excluding hydrogens is 338 g/mol. The van der Waals surface area contributed by atoms with E-state index in [1.165, 1.54) is 4.88 Å². The average molecular weight is 366 g/mol. The molecule has 0 saturated heterocycles. The van der Waals surface area contributed by atoms with Crippen LogP contribution in [0.1, 0.15) is 28.0 Å². The van der Waals surface area contributed by atoms with Crippen LogP contribution in [0.5, 0.6) is 0 Å². The summed E-state index contributed by atoms with van der Waals surface area (Å²) in [5.74, 6) is 2.49. The van der Waals surface area contributed by atoms with Crippen LogP contribution in [0.3, 0.4) is 0 Å². The molecule has 2 aromatic heterocycles. The fourth-order valence-corrected chi connectivity index (χ4v) is 2.93. The van der Waals surface area contributed by atoms with Gasteiger partial charge in [0.25, 0.3) is 0 Å². The number of nitrogens with zero attached hydrogens (tertiary/aromatic N) is 5. The summed E-state index contributed by atoms with van der Waals surface area (Å²) in [6, 6.07) is 0. The Balaban J connectivity index is 1.88. The maximum absolute atomic E-state index is 5.08. The largest absolute Gasteiger partial charge is 0.385 e. The molecule has 0 bridgehead atoms. The topological polar surface area (TPSA) is 89.2 Å². The lowest BCUT2D eigenvalue weighted by atomic mass is 10.4. The van der Waals surface area contributed by atoms with Crippen LogP contribution < -0.4 is 10.6 Å². The molecule has 138 valence electrons. The summed E-state index contributed by atoms with van der Waals surface area (Å²) in [5.41, 5.74) is 0. The molecule has 0 saturated carbocycles. The van der Waals surface area contributed by atoms with Gasteiger partial charge in [-0.15, -0.1) is 21.5 Å². The summed E-state index contributed by atoms with van der Waals surface area (Å²) in [6.07, 6.45) is 3.71. The number of rotatable bonds is 9. The molecule has 0 aliphatic carbocycles. The quantitative estimate of drug-likeness (QED) is 0.394. The Morgan fingerprint density at radius 3 is 2.72 bits per heavy atom. The van der Waals surface area contributed by atoms with Gasteiger partial charge in [0, 0.05) is 51.3 Å². The average Bonchev–Trinajstić information content (AvgIpc) is 3.15. The fraction of sp³-hybridized carbons (Fsp3) is 0.625. The monoisotopic (exact) mass is 365 g/mol. The summed E-state index contributed by atoms with van der Waals surface area (Å²) in [5, 5.41) is 16.0. The maximum atomic E-state index is 5.08. The normalized spacial score (nSPS) is 11.8. The first-order valence-electron chi connectivity index (χ1n) is 8.37. The summed E-state index contributed by atoms with van der Waals surface area (Å²) < 4.78 is 7.03. The van der Waals surface area contributed by atoms with Crippen molar-refractivity contribution < 1.29 is 4.74 Å². The molecule has 0 radical (unpaired) electrons. The second kappa shape index (κ2) is 10.1. The van der Waals surface area contributed by atoms with Gasteiger partial charge in [-0.05, 0) is 20.3 Å². The smallest absolute Gasteiger partial charge is 0.191 e. The summed E-state index contributed by atoms with van der Waals surface area (Å²) in [6.45, 7) is 6.78. The number of hydrogen-bond acceptors (Lipinski definition) is 6. The lowest BCUT2D eigenvalue weighted by Gasteiger charge is -2.12. The molecule has 0 amide bonds. The van der Waals surface area contributed by atoms with E-state index in [-0.39, 0.29) is 0 Å². The van der Waals surface area contributed by atoms with Gasteiger partial charge in [-0.2, -0.15) is 0 Å². The zero-order valence-electron chi connectivity index (χ0n) is 15.4. The van der Waals surface area contributed by atoms with Gasteiger partial charge in [-0.1, -0.05) is 0 Å². The van der Waals surface area contributed by atoms with Crippen LogP contribution in [0.2, 0.25) is 0 Å². The van der Waals surface area contributed by atoms with E-state index < -0.39 is 0 Å². The molecule has 2 rings (SSSR count). The Kier molecular flexibility index (Phi) is 7.80. The SMILES string of the molecule is COCCCNC(=NCc1nnc(C)n1C)NCCc1ncc(C)s1. The molecule has 25 heavy (non-hydrogen) atoms. The number of hydrogen-bond donors (Lipinski definition) is 2. The van der Waals surface area contributed by atoms with E-state index in [0.29, 0.717) is 6.54 Å². The molecular formula is C16H27N7OS. The van der Waals surface area contributed by atoms with Gasteiger partial charge < -0.3 is 19.9 Å². The number of aryl methyl sites for hydroxylation is 2. The van der Waals surface area contributed by atoms with E-state index in [1.807, 2.05) is 24.7 Å². The number of ether oxygens (including phenoxy) is 1. The van der Waals surface area contributed by atoms with Gasteiger partial charge in [-0.25, -0.2) is 9.98 Å². The van der Waals surface area contributed by atoms with Crippen LogP contribution >= 0.6 is 11.3 Å². The van der Waals surface area contributed by atoms with E-state index in [9.17, 15) is 0 Å². The molecule has 0 unspecified atom stereocenters. The van der Waals surface area contributed by atoms with Crippen LogP contribution in [0, 0.1) is 13.8 Å². The Morgan fingerprint density at radius 2 is 2.08 bits per heavy atom. The van der Waals surface area contributed by atoms with Crippen molar-refractivity contribution in [2.24, 2.45) is 12.0 Å². The highest BCUT2D eigenvalue weighted by atomic mass is 32.1. The highest BCUT2D eigenvalue weighted by Gasteiger charge is 2.06. The first-order valence-corrected chi connectivity index (χ1v) is 9.19. The molecule has 8 nitrogen and oxygen atoms in total. The first kappa shape index (κ1) is 19.3. The molecule has 2 heterocycles. The zero-order valence-corrected chi connectivity index (χ0v) is 16.2. The number of aliphatic imine (C=N–C) groups is 1. The molecule has 0 aliphatic heterocycles. The van der Waals surface area contributed by atoms with Crippen LogP contribution in [0.15, 0.2) is 11.2 Å². The second-order valence-corrected chi connectivity index (χ2v) is 7.02. The molecule has 0 spiro atoms. The molecule has 0 fully saturated rings.